The van der Waals surface area contributed by atoms with Crippen LogP contribution in [-0.2, 0) is 11.2 Å². The molecular weight excluding hydrogens is 336 g/mol. The van der Waals surface area contributed by atoms with E-state index in [0.29, 0.717) is 34.9 Å². The number of ether oxygens (including phenoxy) is 1. The fraction of sp³-hybridized carbons (Fsp3) is 0.0526. The molecule has 2 aromatic carbocycles. The van der Waals surface area contributed by atoms with Crippen LogP contribution in [0, 0.1) is 0 Å². The molecular formula is C19H14N2O3S. The van der Waals surface area contributed by atoms with Gasteiger partial charge in [0.1, 0.15) is 5.75 Å². The van der Waals surface area contributed by atoms with Gasteiger partial charge in [-0.2, -0.15) is 0 Å². The lowest BCUT2D eigenvalue weighted by Gasteiger charge is -2.09. The van der Waals surface area contributed by atoms with Gasteiger partial charge in [-0.15, -0.1) is 11.3 Å². The van der Waals surface area contributed by atoms with E-state index in [4.69, 9.17) is 4.74 Å². The molecule has 3 aromatic rings. The molecule has 6 heteroatoms. The van der Waals surface area contributed by atoms with Crippen molar-refractivity contribution in [3.63, 3.8) is 0 Å². The smallest absolute Gasteiger partial charge is 0.259 e. The quantitative estimate of drug-likeness (QED) is 0.740. The number of thiophene rings is 1. The minimum atomic E-state index is -0.269. The Balaban J connectivity index is 1.57. The fourth-order valence-electron chi connectivity index (χ4n) is 2.62. The van der Waals surface area contributed by atoms with Gasteiger partial charge in [0.25, 0.3) is 5.91 Å². The summed E-state index contributed by atoms with van der Waals surface area (Å²) in [5, 5.41) is 7.58. The van der Waals surface area contributed by atoms with E-state index in [9.17, 15) is 9.59 Å². The van der Waals surface area contributed by atoms with Gasteiger partial charge >= 0.3 is 0 Å². The third-order valence-electron chi connectivity index (χ3n) is 3.78. The summed E-state index contributed by atoms with van der Waals surface area (Å²) in [4.78, 5) is 25.6. The predicted octanol–water partition coefficient (Wildman–Crippen LogP) is 4.29. The minimum Gasteiger partial charge on any atom is -0.454 e. The molecule has 0 spiro atoms. The highest BCUT2D eigenvalue weighted by Crippen LogP contribution is 2.36. The second-order valence-corrected chi connectivity index (χ2v) is 6.60. The standard InChI is InChI=1S/C19H14N2O3S/c22-18(11-13-4-3-9-25-13)20-12-7-8-16-14(10-12)19(23)21-15-5-1-2-6-17(15)24-16/h1-10H,11H2,(H,20,22)(H,21,23). The molecule has 124 valence electrons. The Kier molecular flexibility index (Phi) is 3.95. The normalized spacial score (nSPS) is 12.2. The molecule has 5 nitrogen and oxygen atoms in total. The fourth-order valence-corrected chi connectivity index (χ4v) is 3.32. The van der Waals surface area contributed by atoms with Crippen LogP contribution in [0.15, 0.2) is 60.0 Å². The van der Waals surface area contributed by atoms with Crippen molar-refractivity contribution in [2.45, 2.75) is 6.42 Å². The molecule has 25 heavy (non-hydrogen) atoms. The van der Waals surface area contributed by atoms with Gasteiger partial charge in [0.2, 0.25) is 5.91 Å². The number of amides is 2. The Morgan fingerprint density at radius 3 is 2.80 bits per heavy atom. The molecule has 1 aromatic heterocycles. The van der Waals surface area contributed by atoms with Crippen LogP contribution in [0.1, 0.15) is 15.2 Å². The van der Waals surface area contributed by atoms with E-state index in [2.05, 4.69) is 10.6 Å². The largest absolute Gasteiger partial charge is 0.454 e. The van der Waals surface area contributed by atoms with Crippen LogP contribution >= 0.6 is 11.3 Å². The second kappa shape index (κ2) is 6.41. The summed E-state index contributed by atoms with van der Waals surface area (Å²) >= 11 is 1.54. The lowest BCUT2D eigenvalue weighted by Crippen LogP contribution is -2.15. The van der Waals surface area contributed by atoms with Crippen molar-refractivity contribution < 1.29 is 14.3 Å². The number of hydrogen-bond acceptors (Lipinski definition) is 4. The number of carbonyl (C=O) groups is 2. The zero-order valence-corrected chi connectivity index (χ0v) is 13.9. The Morgan fingerprint density at radius 2 is 1.96 bits per heavy atom. The van der Waals surface area contributed by atoms with Crippen LogP contribution < -0.4 is 15.4 Å². The molecule has 0 aliphatic carbocycles. The van der Waals surface area contributed by atoms with Crippen molar-refractivity contribution in [2.24, 2.45) is 0 Å². The van der Waals surface area contributed by atoms with Crippen molar-refractivity contribution in [2.75, 3.05) is 10.6 Å². The molecule has 0 saturated carbocycles. The van der Waals surface area contributed by atoms with Gasteiger partial charge in [-0.05, 0) is 41.8 Å². The Hall–Kier alpha value is -3.12. The van der Waals surface area contributed by atoms with E-state index in [-0.39, 0.29) is 11.8 Å². The average Bonchev–Trinajstić information content (AvgIpc) is 3.05. The maximum Gasteiger partial charge on any atom is 0.259 e. The third-order valence-corrected chi connectivity index (χ3v) is 4.65. The van der Waals surface area contributed by atoms with E-state index in [1.807, 2.05) is 29.6 Å². The number of rotatable bonds is 3. The van der Waals surface area contributed by atoms with E-state index >= 15 is 0 Å². The molecule has 4 rings (SSSR count). The summed E-state index contributed by atoms with van der Waals surface area (Å²) in [5.74, 6) is 0.651. The zero-order valence-electron chi connectivity index (χ0n) is 13.1. The molecule has 0 bridgehead atoms. The van der Waals surface area contributed by atoms with Crippen molar-refractivity contribution in [3.05, 3.63) is 70.4 Å². The molecule has 0 radical (unpaired) electrons. The van der Waals surface area contributed by atoms with Crippen LogP contribution in [0.25, 0.3) is 0 Å². The van der Waals surface area contributed by atoms with E-state index in [0.717, 1.165) is 4.88 Å². The maximum absolute atomic E-state index is 12.5. The number of benzene rings is 2. The van der Waals surface area contributed by atoms with Crippen molar-refractivity contribution in [3.8, 4) is 11.5 Å². The van der Waals surface area contributed by atoms with Gasteiger partial charge in [0.15, 0.2) is 5.75 Å². The lowest BCUT2D eigenvalue weighted by molar-refractivity contribution is -0.115. The summed E-state index contributed by atoms with van der Waals surface area (Å²) in [6.07, 6.45) is 0.308. The van der Waals surface area contributed by atoms with Crippen molar-refractivity contribution >= 4 is 34.5 Å². The molecule has 0 fully saturated rings. The minimum absolute atomic E-state index is 0.124. The predicted molar refractivity (Wildman–Crippen MR) is 97.6 cm³/mol. The highest BCUT2D eigenvalue weighted by Gasteiger charge is 2.21. The Morgan fingerprint density at radius 1 is 1.08 bits per heavy atom. The maximum atomic E-state index is 12.5. The van der Waals surface area contributed by atoms with Crippen LogP contribution in [0.2, 0.25) is 0 Å². The van der Waals surface area contributed by atoms with Gasteiger partial charge in [0.05, 0.1) is 17.7 Å². The molecule has 0 unspecified atom stereocenters. The molecule has 1 aliphatic heterocycles. The van der Waals surface area contributed by atoms with Gasteiger partial charge in [-0.1, -0.05) is 18.2 Å². The summed E-state index contributed by atoms with van der Waals surface area (Å²) in [7, 11) is 0. The topological polar surface area (TPSA) is 67.4 Å². The summed E-state index contributed by atoms with van der Waals surface area (Å²) in [5.41, 5.74) is 1.56. The zero-order chi connectivity index (χ0) is 17.2. The summed E-state index contributed by atoms with van der Waals surface area (Å²) in [6.45, 7) is 0. The van der Waals surface area contributed by atoms with Gasteiger partial charge in [-0.25, -0.2) is 0 Å². The number of para-hydroxylation sites is 2. The number of carbonyl (C=O) groups excluding carboxylic acids is 2. The molecule has 1 aliphatic rings. The summed E-state index contributed by atoms with van der Waals surface area (Å²) in [6, 6.07) is 16.1. The molecule has 0 saturated heterocycles. The van der Waals surface area contributed by atoms with Gasteiger partial charge in [0, 0.05) is 10.6 Å². The third kappa shape index (κ3) is 3.25. The van der Waals surface area contributed by atoms with E-state index in [1.54, 1.807) is 30.3 Å². The van der Waals surface area contributed by atoms with Gasteiger partial charge in [-0.3, -0.25) is 9.59 Å². The van der Waals surface area contributed by atoms with Crippen LogP contribution in [0.5, 0.6) is 11.5 Å². The van der Waals surface area contributed by atoms with E-state index < -0.39 is 0 Å². The Bertz CT molecular complexity index is 951. The monoisotopic (exact) mass is 350 g/mol. The first-order valence-corrected chi connectivity index (χ1v) is 8.61. The van der Waals surface area contributed by atoms with Gasteiger partial charge < -0.3 is 15.4 Å². The average molecular weight is 350 g/mol. The highest BCUT2D eigenvalue weighted by molar-refractivity contribution is 7.10. The Labute approximate surface area is 148 Å². The molecule has 2 amide bonds. The lowest BCUT2D eigenvalue weighted by atomic mass is 10.1. The van der Waals surface area contributed by atoms with Crippen LogP contribution in [-0.4, -0.2) is 11.8 Å². The number of hydrogen-bond donors (Lipinski definition) is 2. The molecule has 2 N–H and O–H groups in total. The number of anilines is 2. The van der Waals surface area contributed by atoms with Crippen molar-refractivity contribution in [1.29, 1.82) is 0 Å². The van der Waals surface area contributed by atoms with E-state index in [1.165, 1.54) is 11.3 Å². The SMILES string of the molecule is O=C(Cc1cccs1)Nc1ccc2c(c1)C(=O)Nc1ccccc1O2. The molecule has 2 heterocycles. The first-order chi connectivity index (χ1) is 12.2. The molecule has 0 atom stereocenters. The number of fused-ring (bicyclic) bond motifs is 2. The summed E-state index contributed by atoms with van der Waals surface area (Å²) < 4.78 is 5.82. The second-order valence-electron chi connectivity index (χ2n) is 5.57. The number of nitrogens with one attached hydrogen (secondary N) is 2. The first-order valence-electron chi connectivity index (χ1n) is 7.73. The van der Waals surface area contributed by atoms with Crippen LogP contribution in [0.3, 0.4) is 0 Å². The first kappa shape index (κ1) is 15.4. The van der Waals surface area contributed by atoms with Crippen molar-refractivity contribution in [1.82, 2.24) is 0 Å². The van der Waals surface area contributed by atoms with Crippen LogP contribution in [0.4, 0.5) is 11.4 Å². The highest BCUT2D eigenvalue weighted by atomic mass is 32.1.